The molecule has 1 atom stereocenters. The van der Waals surface area contributed by atoms with Crippen molar-refractivity contribution in [1.82, 2.24) is 0 Å². The lowest BCUT2D eigenvalue weighted by Crippen LogP contribution is -2.09. The second-order valence-corrected chi connectivity index (χ2v) is 5.05. The van der Waals surface area contributed by atoms with Crippen LogP contribution in [0.15, 0.2) is 23.0 Å². The summed E-state index contributed by atoms with van der Waals surface area (Å²) in [5.74, 6) is -0.209. The van der Waals surface area contributed by atoms with Crippen molar-refractivity contribution in [2.24, 2.45) is 11.3 Å². The first-order valence-electron chi connectivity index (χ1n) is 4.91. The van der Waals surface area contributed by atoms with E-state index in [1.54, 1.807) is 6.92 Å². The number of carbonyl (C=O) groups is 1. The molecule has 0 saturated heterocycles. The van der Waals surface area contributed by atoms with Crippen molar-refractivity contribution in [1.29, 1.82) is 0 Å². The molecule has 0 saturated carbocycles. The van der Waals surface area contributed by atoms with E-state index in [2.05, 4.69) is 0 Å². The van der Waals surface area contributed by atoms with E-state index >= 15 is 0 Å². The van der Waals surface area contributed by atoms with Gasteiger partial charge in [0.2, 0.25) is 5.78 Å². The molecule has 1 aliphatic rings. The highest BCUT2D eigenvalue weighted by molar-refractivity contribution is 6.10. The van der Waals surface area contributed by atoms with Crippen LogP contribution in [0.1, 0.15) is 34.6 Å². The lowest BCUT2D eigenvalue weighted by molar-refractivity contribution is -0.114. The van der Waals surface area contributed by atoms with E-state index in [0.29, 0.717) is 0 Å². The summed E-state index contributed by atoms with van der Waals surface area (Å²) in [5, 5.41) is 9.49. The Morgan fingerprint density at radius 3 is 2.14 bits per heavy atom. The number of Topliss-reactive ketones (excluding diaryl/α,β-unsaturated/α-hetero) is 1. The van der Waals surface area contributed by atoms with Crippen molar-refractivity contribution < 1.29 is 9.90 Å². The zero-order chi connectivity index (χ0) is 11.1. The van der Waals surface area contributed by atoms with Gasteiger partial charge >= 0.3 is 0 Å². The Labute approximate surface area is 85.3 Å². The van der Waals surface area contributed by atoms with Gasteiger partial charge in [-0.15, -0.1) is 0 Å². The number of aliphatic hydroxyl groups is 1. The first kappa shape index (κ1) is 11.0. The molecule has 0 aliphatic heterocycles. The quantitative estimate of drug-likeness (QED) is 0.602. The predicted octanol–water partition coefficient (Wildman–Crippen LogP) is 3.01. The fourth-order valence-electron chi connectivity index (χ4n) is 1.61. The van der Waals surface area contributed by atoms with Crippen LogP contribution in [0.5, 0.6) is 0 Å². The Balaban J connectivity index is 3.10. The van der Waals surface area contributed by atoms with Crippen molar-refractivity contribution in [3.8, 4) is 0 Å². The largest absolute Gasteiger partial charge is 0.504 e. The van der Waals surface area contributed by atoms with Gasteiger partial charge < -0.3 is 5.11 Å². The van der Waals surface area contributed by atoms with Gasteiger partial charge in [-0.2, -0.15) is 0 Å². The molecule has 0 fully saturated rings. The van der Waals surface area contributed by atoms with Gasteiger partial charge in [0.15, 0.2) is 5.76 Å². The molecule has 2 nitrogen and oxygen atoms in total. The van der Waals surface area contributed by atoms with Crippen molar-refractivity contribution in [2.75, 3.05) is 0 Å². The maximum absolute atomic E-state index is 11.6. The third-order valence-electron chi connectivity index (χ3n) is 2.56. The number of carbonyl (C=O) groups excluding carboxylic acids is 1. The summed E-state index contributed by atoms with van der Waals surface area (Å²) in [5.41, 5.74) is 1.49. The average molecular weight is 194 g/mol. The van der Waals surface area contributed by atoms with E-state index < -0.39 is 0 Å². The summed E-state index contributed by atoms with van der Waals surface area (Å²) in [6.07, 6.45) is 1.95. The van der Waals surface area contributed by atoms with Gasteiger partial charge in [0.25, 0.3) is 0 Å². The number of allylic oxidation sites excluding steroid dienone is 3. The Bertz CT molecular complexity index is 327. The van der Waals surface area contributed by atoms with Crippen LogP contribution in [0.2, 0.25) is 0 Å². The predicted molar refractivity (Wildman–Crippen MR) is 57.0 cm³/mol. The van der Waals surface area contributed by atoms with E-state index in [4.69, 9.17) is 0 Å². The summed E-state index contributed by atoms with van der Waals surface area (Å²) < 4.78 is 0. The molecule has 0 radical (unpaired) electrons. The fourth-order valence-corrected chi connectivity index (χ4v) is 1.61. The molecule has 0 unspecified atom stereocenters. The molecule has 1 aliphatic carbocycles. The topological polar surface area (TPSA) is 37.3 Å². The minimum atomic E-state index is -0.204. The van der Waals surface area contributed by atoms with Crippen molar-refractivity contribution >= 4 is 5.78 Å². The number of hydrogen-bond acceptors (Lipinski definition) is 2. The van der Waals surface area contributed by atoms with Gasteiger partial charge in [-0.05, 0) is 17.9 Å². The summed E-state index contributed by atoms with van der Waals surface area (Å²) in [4.78, 5) is 11.6. The van der Waals surface area contributed by atoms with Crippen LogP contribution < -0.4 is 0 Å². The van der Waals surface area contributed by atoms with Crippen molar-refractivity contribution in [3.05, 3.63) is 23.0 Å². The van der Waals surface area contributed by atoms with E-state index in [1.165, 1.54) is 0 Å². The molecule has 78 valence electrons. The number of rotatable bonds is 0. The smallest absolute Gasteiger partial charge is 0.223 e. The minimum absolute atomic E-state index is 0.0237. The third-order valence-corrected chi connectivity index (χ3v) is 2.56. The highest BCUT2D eigenvalue weighted by Crippen LogP contribution is 2.34. The van der Waals surface area contributed by atoms with Crippen LogP contribution in [0.4, 0.5) is 0 Å². The maximum atomic E-state index is 11.6. The number of aliphatic hydroxyl groups excluding tert-OH is 1. The Hall–Kier alpha value is -1.05. The average Bonchev–Trinajstić information content (AvgIpc) is 2.20. The molecule has 0 bridgehead atoms. The van der Waals surface area contributed by atoms with E-state index in [0.717, 1.165) is 11.1 Å². The zero-order valence-electron chi connectivity index (χ0n) is 9.51. The molecular weight excluding hydrogens is 176 g/mol. The van der Waals surface area contributed by atoms with Gasteiger partial charge in [-0.3, -0.25) is 4.79 Å². The molecule has 2 heteroatoms. The van der Waals surface area contributed by atoms with Gasteiger partial charge in [-0.25, -0.2) is 0 Å². The normalized spacial score (nSPS) is 26.5. The standard InChI is InChI=1S/C12H18O2/c1-7-8(2)10(13)11(14)9(7)6-12(3,4)5/h6-7,13H,1-5H3/b9-6-/t7-/m1/s1. The Morgan fingerprint density at radius 1 is 1.36 bits per heavy atom. The molecule has 0 aromatic heterocycles. The van der Waals surface area contributed by atoms with Crippen LogP contribution in [0.3, 0.4) is 0 Å². The first-order valence-corrected chi connectivity index (χ1v) is 4.91. The first-order chi connectivity index (χ1) is 6.24. The number of hydrogen-bond donors (Lipinski definition) is 1. The van der Waals surface area contributed by atoms with Gasteiger partial charge in [0.1, 0.15) is 0 Å². The second-order valence-electron chi connectivity index (χ2n) is 5.05. The van der Waals surface area contributed by atoms with Crippen LogP contribution in [0, 0.1) is 11.3 Å². The SMILES string of the molecule is CC1=C(O)C(=O)/C(=C\C(C)(C)C)[C@@H]1C. The van der Waals surface area contributed by atoms with Gasteiger partial charge in [-0.1, -0.05) is 33.8 Å². The molecular formula is C12H18O2. The molecule has 1 N–H and O–H groups in total. The molecule has 1 rings (SSSR count). The van der Waals surface area contributed by atoms with E-state index in [1.807, 2.05) is 33.8 Å². The zero-order valence-corrected chi connectivity index (χ0v) is 9.51. The Kier molecular flexibility index (Phi) is 2.57. The molecule has 0 amide bonds. The summed E-state index contributed by atoms with van der Waals surface area (Å²) in [7, 11) is 0. The Morgan fingerprint density at radius 2 is 1.86 bits per heavy atom. The molecule has 0 heterocycles. The second kappa shape index (κ2) is 3.26. The van der Waals surface area contributed by atoms with Crippen LogP contribution in [0.25, 0.3) is 0 Å². The highest BCUT2D eigenvalue weighted by Gasteiger charge is 2.32. The monoisotopic (exact) mass is 194 g/mol. The molecule has 0 aromatic carbocycles. The minimum Gasteiger partial charge on any atom is -0.504 e. The van der Waals surface area contributed by atoms with Crippen LogP contribution in [-0.4, -0.2) is 10.9 Å². The lowest BCUT2D eigenvalue weighted by atomic mass is 9.89. The third kappa shape index (κ3) is 1.89. The molecule has 14 heavy (non-hydrogen) atoms. The van der Waals surface area contributed by atoms with Crippen LogP contribution >= 0.6 is 0 Å². The van der Waals surface area contributed by atoms with Crippen LogP contribution in [-0.2, 0) is 4.79 Å². The highest BCUT2D eigenvalue weighted by atomic mass is 16.3. The summed E-state index contributed by atoms with van der Waals surface area (Å²) >= 11 is 0. The number of ketones is 1. The van der Waals surface area contributed by atoms with E-state index in [9.17, 15) is 9.90 Å². The molecule has 0 aromatic rings. The van der Waals surface area contributed by atoms with Crippen molar-refractivity contribution in [2.45, 2.75) is 34.6 Å². The molecule has 0 spiro atoms. The van der Waals surface area contributed by atoms with Gasteiger partial charge in [0.05, 0.1) is 0 Å². The summed E-state index contributed by atoms with van der Waals surface area (Å²) in [6, 6.07) is 0. The van der Waals surface area contributed by atoms with Gasteiger partial charge in [0, 0.05) is 11.5 Å². The summed E-state index contributed by atoms with van der Waals surface area (Å²) in [6.45, 7) is 9.90. The van der Waals surface area contributed by atoms with E-state index in [-0.39, 0.29) is 22.9 Å². The van der Waals surface area contributed by atoms with Crippen molar-refractivity contribution in [3.63, 3.8) is 0 Å². The maximum Gasteiger partial charge on any atom is 0.223 e. The fraction of sp³-hybridized carbons (Fsp3) is 0.583. The lowest BCUT2D eigenvalue weighted by Gasteiger charge is -2.15.